The quantitative estimate of drug-likeness (QED) is 0.280. The van der Waals surface area contributed by atoms with Gasteiger partial charge >= 0.3 is 0 Å². The van der Waals surface area contributed by atoms with Crippen molar-refractivity contribution in [2.45, 2.75) is 78.7 Å². The molecule has 0 spiro atoms. The normalized spacial score (nSPS) is 18.5. The van der Waals surface area contributed by atoms with Gasteiger partial charge in [0, 0.05) is 43.5 Å². The Morgan fingerprint density at radius 1 is 0.977 bits per heavy atom. The van der Waals surface area contributed by atoms with Crippen molar-refractivity contribution in [2.24, 2.45) is 0 Å². The van der Waals surface area contributed by atoms with Gasteiger partial charge in [-0.3, -0.25) is 14.5 Å². The summed E-state index contributed by atoms with van der Waals surface area (Å²) in [5, 5.41) is 0. The highest BCUT2D eigenvalue weighted by Crippen LogP contribution is 2.35. The third-order valence-electron chi connectivity index (χ3n) is 8.57. The summed E-state index contributed by atoms with van der Waals surface area (Å²) in [6.07, 6.45) is 4.80. The molecule has 3 aromatic carbocycles. The fourth-order valence-corrected chi connectivity index (χ4v) is 6.26. The predicted molar refractivity (Wildman–Crippen MR) is 177 cm³/mol. The van der Waals surface area contributed by atoms with Crippen LogP contribution in [-0.4, -0.2) is 55.5 Å². The molecule has 6 rings (SSSR count). The van der Waals surface area contributed by atoms with Crippen LogP contribution < -0.4 is 14.5 Å². The van der Waals surface area contributed by atoms with Crippen molar-refractivity contribution in [1.82, 2.24) is 4.90 Å². The number of para-hydroxylation sites is 2. The molecule has 3 aromatic rings. The molecule has 1 fully saturated rings. The van der Waals surface area contributed by atoms with Crippen LogP contribution in [0.25, 0.3) is 0 Å². The number of nitrogens with zero attached hydrogens (tertiary/aromatic N) is 3. The van der Waals surface area contributed by atoms with Crippen molar-refractivity contribution in [3.8, 4) is 5.75 Å². The van der Waals surface area contributed by atoms with E-state index in [1.807, 2.05) is 85.2 Å². The first kappa shape index (κ1) is 32.3. The van der Waals surface area contributed by atoms with Crippen LogP contribution in [0.2, 0.25) is 0 Å². The lowest BCUT2D eigenvalue weighted by Crippen LogP contribution is -2.42. The molecule has 3 aliphatic heterocycles. The Morgan fingerprint density at radius 2 is 1.72 bits per heavy atom. The van der Waals surface area contributed by atoms with E-state index in [9.17, 15) is 9.59 Å². The first-order chi connectivity index (χ1) is 21.0. The number of hydrogen-bond donors (Lipinski definition) is 0. The minimum atomic E-state index is 0.208. The van der Waals surface area contributed by atoms with Crippen LogP contribution in [0.15, 0.2) is 72.8 Å². The summed E-state index contributed by atoms with van der Waals surface area (Å²) in [6, 6.07) is 25.1. The van der Waals surface area contributed by atoms with Crippen molar-refractivity contribution >= 4 is 23.2 Å². The fraction of sp³-hybridized carbons (Fsp3) is 0.459. The lowest BCUT2D eigenvalue weighted by Gasteiger charge is -2.27. The molecule has 3 heterocycles. The minimum absolute atomic E-state index is 0.208. The second-order valence-corrected chi connectivity index (χ2v) is 11.4. The Morgan fingerprint density at radius 3 is 2.47 bits per heavy atom. The van der Waals surface area contributed by atoms with Gasteiger partial charge in [-0.2, -0.15) is 0 Å². The largest absolute Gasteiger partial charge is 0.493 e. The highest BCUT2D eigenvalue weighted by molar-refractivity contribution is 6.01. The fourth-order valence-electron chi connectivity index (χ4n) is 6.26. The molecular weight excluding hydrogens is 534 g/mol. The number of hydrogen-bond acceptors (Lipinski definition) is 4. The second-order valence-electron chi connectivity index (χ2n) is 11.4. The van der Waals surface area contributed by atoms with Crippen LogP contribution in [0.5, 0.6) is 5.75 Å². The van der Waals surface area contributed by atoms with Crippen molar-refractivity contribution in [2.75, 3.05) is 42.6 Å². The summed E-state index contributed by atoms with van der Waals surface area (Å²) in [6.45, 7) is 14.2. The Bertz CT molecular complexity index is 1340. The number of carbonyl (C=O) groups is 2. The van der Waals surface area contributed by atoms with Gasteiger partial charge in [-0.1, -0.05) is 75.7 Å². The Balaban J connectivity index is 0.000000251. The zero-order chi connectivity index (χ0) is 30.8. The van der Waals surface area contributed by atoms with Gasteiger partial charge in [0.25, 0.3) is 0 Å². The number of likely N-dealkylation sites (N-methyl/N-ethyl adjacent to an activating group) is 1. The lowest BCUT2D eigenvalue weighted by atomic mass is 9.94. The summed E-state index contributed by atoms with van der Waals surface area (Å²) in [5.41, 5.74) is 5.98. The summed E-state index contributed by atoms with van der Waals surface area (Å²) in [5.74, 6) is 1.96. The zero-order valence-electron chi connectivity index (χ0n) is 26.7. The van der Waals surface area contributed by atoms with E-state index >= 15 is 0 Å². The van der Waals surface area contributed by atoms with Crippen LogP contribution in [0, 0.1) is 0 Å². The summed E-state index contributed by atoms with van der Waals surface area (Å²) < 4.78 is 5.65. The second kappa shape index (κ2) is 15.7. The Hall–Kier alpha value is -3.64. The molecule has 6 nitrogen and oxygen atoms in total. The third-order valence-corrected chi connectivity index (χ3v) is 8.57. The lowest BCUT2D eigenvalue weighted by molar-refractivity contribution is -0.120. The number of carbonyl (C=O) groups excluding carboxylic acids is 2. The number of rotatable bonds is 8. The van der Waals surface area contributed by atoms with Crippen molar-refractivity contribution in [3.63, 3.8) is 0 Å². The van der Waals surface area contributed by atoms with Crippen LogP contribution in [0.1, 0.15) is 76.5 Å². The highest BCUT2D eigenvalue weighted by atomic mass is 16.5. The first-order valence-electron chi connectivity index (χ1n) is 16.2. The van der Waals surface area contributed by atoms with E-state index in [0.29, 0.717) is 24.9 Å². The average Bonchev–Trinajstić information content (AvgIpc) is 3.75. The average molecular weight is 584 g/mol. The van der Waals surface area contributed by atoms with E-state index in [1.54, 1.807) is 0 Å². The number of fused-ring (bicyclic) bond motifs is 2. The van der Waals surface area contributed by atoms with Gasteiger partial charge in [-0.05, 0) is 73.6 Å². The van der Waals surface area contributed by atoms with E-state index in [4.69, 9.17) is 4.74 Å². The van der Waals surface area contributed by atoms with Gasteiger partial charge in [0.15, 0.2) is 0 Å². The topological polar surface area (TPSA) is 53.1 Å². The van der Waals surface area contributed by atoms with Crippen molar-refractivity contribution in [1.29, 1.82) is 0 Å². The Kier molecular flexibility index (Phi) is 11.8. The molecule has 0 unspecified atom stereocenters. The van der Waals surface area contributed by atoms with Gasteiger partial charge < -0.3 is 14.5 Å². The SMILES string of the molecule is CC.CCCCN(C(=O)CN1C[C@H](c2ccc3c(c2)CCO3)C[C@@H]1C)c1ccccc1.CCN1C(=O)Cc2ccccc21. The summed E-state index contributed by atoms with van der Waals surface area (Å²) >= 11 is 0. The number of benzene rings is 3. The molecule has 0 aromatic heterocycles. The van der Waals surface area contributed by atoms with E-state index in [-0.39, 0.29) is 11.8 Å². The third kappa shape index (κ3) is 7.85. The van der Waals surface area contributed by atoms with Gasteiger partial charge in [0.2, 0.25) is 11.8 Å². The number of unbranched alkanes of at least 4 members (excludes halogenated alkanes) is 1. The maximum absolute atomic E-state index is 13.2. The molecule has 0 N–H and O–H groups in total. The van der Waals surface area contributed by atoms with E-state index < -0.39 is 0 Å². The smallest absolute Gasteiger partial charge is 0.241 e. The van der Waals surface area contributed by atoms with Gasteiger partial charge in [0.1, 0.15) is 5.75 Å². The van der Waals surface area contributed by atoms with E-state index in [2.05, 4.69) is 36.9 Å². The highest BCUT2D eigenvalue weighted by Gasteiger charge is 2.33. The van der Waals surface area contributed by atoms with E-state index in [0.717, 1.165) is 74.6 Å². The molecule has 6 heteroatoms. The van der Waals surface area contributed by atoms with Crippen LogP contribution in [-0.2, 0) is 22.4 Å². The van der Waals surface area contributed by atoms with Crippen molar-refractivity contribution in [3.05, 3.63) is 89.5 Å². The maximum Gasteiger partial charge on any atom is 0.241 e. The maximum atomic E-state index is 13.2. The molecule has 2 amide bonds. The number of amides is 2. The molecule has 2 atom stereocenters. The van der Waals surface area contributed by atoms with Crippen LogP contribution in [0.4, 0.5) is 11.4 Å². The molecule has 43 heavy (non-hydrogen) atoms. The standard InChI is InChI=1S/C25H32N2O2.C10H11NO.C2H6/c1-3-4-13-27(23-8-6-5-7-9-23)25(28)18-26-17-22(15-19(26)2)20-10-11-24-21(16-20)12-14-29-24;1-2-11-9-6-4-3-5-8(9)7-10(11)12;1-2/h5-11,16,19,22H,3-4,12-15,17-18H2,1-2H3;3-6H,2,7H2,1H3;1-2H3/t19-,22+;;/m0../s1. The molecule has 230 valence electrons. The van der Waals surface area contributed by atoms with Gasteiger partial charge in [-0.25, -0.2) is 0 Å². The number of ether oxygens (including phenoxy) is 1. The van der Waals surface area contributed by atoms with Crippen LogP contribution in [0.3, 0.4) is 0 Å². The molecule has 3 aliphatic rings. The molecular formula is C37H49N3O3. The Labute approximate surface area is 258 Å². The number of anilines is 2. The summed E-state index contributed by atoms with van der Waals surface area (Å²) in [7, 11) is 0. The predicted octanol–water partition coefficient (Wildman–Crippen LogP) is 7.25. The molecule has 1 saturated heterocycles. The van der Waals surface area contributed by atoms with E-state index in [1.165, 1.54) is 11.1 Å². The van der Waals surface area contributed by atoms with Crippen molar-refractivity contribution < 1.29 is 14.3 Å². The van der Waals surface area contributed by atoms with Gasteiger partial charge in [-0.15, -0.1) is 0 Å². The minimum Gasteiger partial charge on any atom is -0.493 e. The first-order valence-corrected chi connectivity index (χ1v) is 16.2. The monoisotopic (exact) mass is 583 g/mol. The summed E-state index contributed by atoms with van der Waals surface area (Å²) in [4.78, 5) is 30.8. The van der Waals surface area contributed by atoms with Gasteiger partial charge in [0.05, 0.1) is 19.6 Å². The molecule has 0 bridgehead atoms. The van der Waals surface area contributed by atoms with Crippen LogP contribution >= 0.6 is 0 Å². The zero-order valence-corrected chi connectivity index (χ0v) is 26.7. The molecule has 0 aliphatic carbocycles. The molecule has 0 radical (unpaired) electrons. The number of likely N-dealkylation sites (tertiary alicyclic amines) is 1. The molecule has 0 saturated carbocycles.